The Labute approximate surface area is 493 Å². The lowest BCUT2D eigenvalue weighted by molar-refractivity contribution is -0.180. The average Bonchev–Trinajstić information content (AvgIpc) is 2.38. The van der Waals surface area contributed by atoms with Crippen molar-refractivity contribution in [2.75, 3.05) is 172 Å². The number of benzene rings is 3. The Morgan fingerprint density at radius 3 is 1.62 bits per heavy atom. The highest BCUT2D eigenvalue weighted by Gasteiger charge is 2.34. The van der Waals surface area contributed by atoms with Gasteiger partial charge in [0.1, 0.15) is 12.1 Å². The number of aliphatic imine (C=N–C) groups is 1. The molecule has 28 heteroatoms. The molecule has 0 spiro atoms. The van der Waals surface area contributed by atoms with Gasteiger partial charge in [0.15, 0.2) is 16.5 Å². The van der Waals surface area contributed by atoms with E-state index >= 15 is 0 Å². The van der Waals surface area contributed by atoms with Crippen LogP contribution in [0, 0.1) is 23.3 Å². The van der Waals surface area contributed by atoms with Crippen molar-refractivity contribution in [2.24, 2.45) is 10.7 Å². The molecule has 3 aromatic rings. The second-order valence-corrected chi connectivity index (χ2v) is 20.6. The molecule has 0 aliphatic carbocycles. The van der Waals surface area contributed by atoms with Crippen molar-refractivity contribution in [1.82, 2.24) is 14.9 Å². The summed E-state index contributed by atoms with van der Waals surface area (Å²) in [5.74, 6) is -12.5. The summed E-state index contributed by atoms with van der Waals surface area (Å²) < 4.78 is 146. The van der Waals surface area contributed by atoms with Crippen molar-refractivity contribution in [3.8, 4) is 16.9 Å². The molecule has 2 unspecified atom stereocenters. The number of likely N-dealkylation sites (tertiary alicyclic amines) is 1. The van der Waals surface area contributed by atoms with Crippen molar-refractivity contribution in [2.45, 2.75) is 56.7 Å². The van der Waals surface area contributed by atoms with Crippen LogP contribution < -0.4 is 10.5 Å². The van der Waals surface area contributed by atoms with Crippen LogP contribution in [-0.4, -0.2) is 229 Å². The molecule has 2 heterocycles. The third-order valence-corrected chi connectivity index (χ3v) is 13.8. The standard InChI is InChI=1S/C57H81F4N5O18S/c1-4-14-66(83-5-2)57(69)45-37-44-11-10-43(38-47(44)63-48(62)39-45)41-6-8-42(9-7-41)56(68)65-15-12-46(40-65)64(3)16-18-74-20-22-76-24-26-78-28-30-80-32-34-82-36-35-81-33-31-79-29-27-77-25-23-75-21-19-73-17-13-49(67)84-54-50(58)52(60)55(85(70,71)72)53(61)51(54)59/h6-11,37-38,46,56,68H,4-5,12-36,39-40H2,1-3H3,(H2,62,63)(H,70,71,72). The number of aliphatic hydroxyl groups excluding tert-OH is 1. The van der Waals surface area contributed by atoms with Gasteiger partial charge in [-0.2, -0.15) is 17.2 Å². The number of fused-ring (bicyclic) bond motifs is 1. The van der Waals surface area contributed by atoms with E-state index in [1.165, 1.54) is 5.06 Å². The molecule has 4 N–H and O–H groups in total. The fourth-order valence-electron chi connectivity index (χ4n) is 8.56. The molecule has 0 aromatic heterocycles. The smallest absolute Gasteiger partial charge is 0.313 e. The van der Waals surface area contributed by atoms with E-state index in [-0.39, 0.29) is 45.4 Å². The number of likely N-dealkylation sites (N-methyl/N-ethyl adjacent to an activating group) is 1. The van der Waals surface area contributed by atoms with Crippen LogP contribution in [0.2, 0.25) is 0 Å². The molecular weight excluding hydrogens is 1150 g/mol. The highest BCUT2D eigenvalue weighted by atomic mass is 32.2. The predicted octanol–water partition coefficient (Wildman–Crippen LogP) is 5.28. The minimum atomic E-state index is -5.65. The van der Waals surface area contributed by atoms with E-state index in [1.807, 2.05) is 62.4 Å². The largest absolute Gasteiger partial charge is 0.420 e. The number of rotatable bonds is 44. The summed E-state index contributed by atoms with van der Waals surface area (Å²) in [5, 5.41) is 12.7. The average molecular weight is 1230 g/mol. The zero-order chi connectivity index (χ0) is 61.4. The second kappa shape index (κ2) is 38.9. The number of esters is 1. The van der Waals surface area contributed by atoms with Gasteiger partial charge in [-0.25, -0.2) is 18.8 Å². The highest BCUT2D eigenvalue weighted by Crippen LogP contribution is 2.35. The van der Waals surface area contributed by atoms with Crippen molar-refractivity contribution in [3.63, 3.8) is 0 Å². The van der Waals surface area contributed by atoms with E-state index in [0.717, 1.165) is 54.7 Å². The Hall–Kier alpha value is -5.12. The van der Waals surface area contributed by atoms with E-state index in [4.69, 9.17) is 62.5 Å². The number of ether oxygens (including phenoxy) is 11. The Balaban J connectivity index is 0.756. The number of carbonyl (C=O) groups is 2. The molecular formula is C57H81F4N5O18S. The van der Waals surface area contributed by atoms with Gasteiger partial charge in [0.05, 0.1) is 151 Å². The van der Waals surface area contributed by atoms with Crippen LogP contribution in [0.25, 0.3) is 17.2 Å². The SMILES string of the molecule is CCCN(OCC)C(=O)C1=Cc2ccc(-c3ccc(C(O)N4CCC(N(C)CCOCCOCCOCCOCCOCCOCCOCCOCCOCCOCCC(=O)Oc5c(F)c(F)c(S(=O)(=O)O)c(F)c5F)C4)cc3)cc2N=C(N)C1. The molecule has 1 amide bonds. The number of aliphatic hydroxyl groups is 1. The monoisotopic (exact) mass is 1230 g/mol. The minimum absolute atomic E-state index is 0.0204. The van der Waals surface area contributed by atoms with Crippen LogP contribution in [0.5, 0.6) is 5.75 Å². The van der Waals surface area contributed by atoms with Gasteiger partial charge in [-0.05, 0) is 55.6 Å². The normalized spacial score (nSPS) is 15.0. The maximum atomic E-state index is 14.0. The van der Waals surface area contributed by atoms with Gasteiger partial charge < -0.3 is 62.9 Å². The number of hydrogen-bond acceptors (Lipinski definition) is 21. The van der Waals surface area contributed by atoms with Crippen molar-refractivity contribution >= 4 is 39.6 Å². The number of hydrogen-bond donors (Lipinski definition) is 3. The zero-order valence-corrected chi connectivity index (χ0v) is 49.3. The number of halogens is 4. The first kappa shape index (κ1) is 70.6. The Bertz CT molecular complexity index is 2650. The molecule has 3 aromatic carbocycles. The molecule has 2 aliphatic heterocycles. The first-order valence-electron chi connectivity index (χ1n) is 28.2. The summed E-state index contributed by atoms with van der Waals surface area (Å²) in [6.45, 7) is 13.6. The Morgan fingerprint density at radius 2 is 1.15 bits per heavy atom. The van der Waals surface area contributed by atoms with Gasteiger partial charge in [0.2, 0.25) is 17.4 Å². The number of nitrogens with zero attached hydrogens (tertiary/aromatic N) is 4. The maximum Gasteiger partial charge on any atom is 0.313 e. The third-order valence-electron chi connectivity index (χ3n) is 13.0. The van der Waals surface area contributed by atoms with Crippen LogP contribution in [0.15, 0.2) is 57.9 Å². The number of carbonyl (C=O) groups excluding carboxylic acids is 2. The van der Waals surface area contributed by atoms with E-state index in [0.29, 0.717) is 135 Å². The molecule has 0 radical (unpaired) electrons. The molecule has 0 bridgehead atoms. The summed E-state index contributed by atoms with van der Waals surface area (Å²) in [6.07, 6.45) is 2.47. The van der Waals surface area contributed by atoms with Crippen molar-refractivity contribution in [3.05, 3.63) is 82.4 Å². The van der Waals surface area contributed by atoms with Gasteiger partial charge in [0.25, 0.3) is 5.91 Å². The first-order chi connectivity index (χ1) is 41.0. The molecule has 0 saturated carbocycles. The molecule has 5 rings (SSSR count). The van der Waals surface area contributed by atoms with Crippen LogP contribution in [0.4, 0.5) is 23.2 Å². The van der Waals surface area contributed by atoms with Gasteiger partial charge in [-0.1, -0.05) is 43.3 Å². The molecule has 476 valence electrons. The molecule has 1 saturated heterocycles. The number of nitrogens with two attached hydrogens (primary N) is 1. The Morgan fingerprint density at radius 1 is 0.682 bits per heavy atom. The van der Waals surface area contributed by atoms with Gasteiger partial charge in [0, 0.05) is 49.8 Å². The number of amidine groups is 1. The molecule has 2 aliphatic rings. The lowest BCUT2D eigenvalue weighted by Gasteiger charge is -2.27. The molecule has 23 nitrogen and oxygen atoms in total. The summed E-state index contributed by atoms with van der Waals surface area (Å²) in [5.41, 5.74) is 11.1. The highest BCUT2D eigenvalue weighted by molar-refractivity contribution is 7.85. The minimum Gasteiger partial charge on any atom is -0.420 e. The van der Waals surface area contributed by atoms with E-state index in [9.17, 15) is 40.7 Å². The number of amides is 1. The number of hydroxylamine groups is 2. The topological polar surface area (TPSA) is 268 Å². The van der Waals surface area contributed by atoms with Crippen LogP contribution in [-0.2, 0) is 71.9 Å². The first-order valence-corrected chi connectivity index (χ1v) is 29.6. The van der Waals surface area contributed by atoms with Gasteiger partial charge >= 0.3 is 16.1 Å². The van der Waals surface area contributed by atoms with Crippen LogP contribution in [0.3, 0.4) is 0 Å². The van der Waals surface area contributed by atoms with Crippen molar-refractivity contribution < 1.29 is 102 Å². The van der Waals surface area contributed by atoms with Crippen LogP contribution >= 0.6 is 0 Å². The summed E-state index contributed by atoms with van der Waals surface area (Å²) in [6, 6.07) is 14.1. The second-order valence-electron chi connectivity index (χ2n) is 19.2. The fourth-order valence-corrected chi connectivity index (χ4v) is 9.19. The third kappa shape index (κ3) is 24.5. The molecule has 85 heavy (non-hydrogen) atoms. The molecule has 2 atom stereocenters. The quantitative estimate of drug-likeness (QED) is 0.0124. The molecule has 1 fully saturated rings. The zero-order valence-electron chi connectivity index (χ0n) is 48.5. The van der Waals surface area contributed by atoms with Gasteiger partial charge in [-0.3, -0.25) is 28.8 Å². The fraction of sp³-hybridized carbons (Fsp3) is 0.596. The lowest BCUT2D eigenvalue weighted by atomic mass is 9.99. The maximum absolute atomic E-state index is 14.0. The van der Waals surface area contributed by atoms with Gasteiger partial charge in [-0.15, -0.1) is 0 Å². The van der Waals surface area contributed by atoms with E-state index < -0.39 is 62.7 Å². The lowest BCUT2D eigenvalue weighted by Crippen LogP contribution is -2.37. The summed E-state index contributed by atoms with van der Waals surface area (Å²) >= 11 is 0. The predicted molar refractivity (Wildman–Crippen MR) is 301 cm³/mol. The summed E-state index contributed by atoms with van der Waals surface area (Å²) in [7, 11) is -3.57. The van der Waals surface area contributed by atoms with E-state index in [1.54, 1.807) is 0 Å². The Kier molecular flexibility index (Phi) is 32.3. The van der Waals surface area contributed by atoms with Crippen LogP contribution in [0.1, 0.15) is 56.9 Å². The summed E-state index contributed by atoms with van der Waals surface area (Å²) in [4.78, 5) is 37.5. The van der Waals surface area contributed by atoms with Crippen molar-refractivity contribution in [1.29, 1.82) is 0 Å². The van der Waals surface area contributed by atoms with E-state index in [2.05, 4.69) is 26.6 Å².